The molecule has 0 aliphatic carbocycles. The molecule has 0 bridgehead atoms. The highest BCUT2D eigenvalue weighted by atomic mass is 16.5. The van der Waals surface area contributed by atoms with Crippen molar-refractivity contribution in [2.45, 2.75) is 32.2 Å². The first-order valence-corrected chi connectivity index (χ1v) is 6.71. The third kappa shape index (κ3) is 3.57. The maximum atomic E-state index is 10.5. The van der Waals surface area contributed by atoms with E-state index in [1.807, 2.05) is 12.1 Å². The minimum atomic E-state index is 0.680. The Hall–Kier alpha value is -1.35. The van der Waals surface area contributed by atoms with Crippen molar-refractivity contribution in [2.24, 2.45) is 0 Å². The number of hydrogen-bond donors (Lipinski definition) is 0. The molecule has 1 unspecified atom stereocenters. The Morgan fingerprint density at radius 2 is 2.11 bits per heavy atom. The topological polar surface area (TPSA) is 29.5 Å². The van der Waals surface area contributed by atoms with Gasteiger partial charge in [0.1, 0.15) is 18.6 Å². The second kappa shape index (κ2) is 6.55. The monoisotopic (exact) mass is 247 g/mol. The molecule has 3 nitrogen and oxygen atoms in total. The summed E-state index contributed by atoms with van der Waals surface area (Å²) in [4.78, 5) is 13.0. The van der Waals surface area contributed by atoms with Crippen LogP contribution in [0.15, 0.2) is 24.3 Å². The molecule has 3 heteroatoms. The Kier molecular flexibility index (Phi) is 4.76. The normalized spacial score (nSPS) is 20.6. The van der Waals surface area contributed by atoms with Gasteiger partial charge in [0.05, 0.1) is 0 Å². The van der Waals surface area contributed by atoms with Crippen LogP contribution in [0.4, 0.5) is 0 Å². The molecule has 1 aromatic carbocycles. The van der Waals surface area contributed by atoms with Crippen molar-refractivity contribution in [2.75, 3.05) is 19.7 Å². The van der Waals surface area contributed by atoms with Gasteiger partial charge in [0, 0.05) is 18.2 Å². The van der Waals surface area contributed by atoms with Gasteiger partial charge in [-0.25, -0.2) is 0 Å². The molecular formula is C15H21NO2. The van der Waals surface area contributed by atoms with E-state index in [0.717, 1.165) is 18.6 Å². The molecule has 18 heavy (non-hydrogen) atoms. The fourth-order valence-electron chi connectivity index (χ4n) is 2.41. The van der Waals surface area contributed by atoms with Crippen LogP contribution in [0.2, 0.25) is 0 Å². The summed E-state index contributed by atoms with van der Waals surface area (Å²) in [5.41, 5.74) is 0.687. The summed E-state index contributed by atoms with van der Waals surface area (Å²) in [7, 11) is 0. The van der Waals surface area contributed by atoms with Crippen molar-refractivity contribution >= 4 is 6.29 Å². The van der Waals surface area contributed by atoms with Crippen LogP contribution in [0.25, 0.3) is 0 Å². The van der Waals surface area contributed by atoms with Gasteiger partial charge in [-0.2, -0.15) is 0 Å². The van der Waals surface area contributed by atoms with Crippen molar-refractivity contribution in [1.29, 1.82) is 0 Å². The third-order valence-electron chi connectivity index (χ3n) is 3.60. The van der Waals surface area contributed by atoms with Gasteiger partial charge in [-0.15, -0.1) is 0 Å². The van der Waals surface area contributed by atoms with E-state index in [2.05, 4.69) is 11.8 Å². The van der Waals surface area contributed by atoms with Gasteiger partial charge in [-0.3, -0.25) is 9.69 Å². The molecule has 0 N–H and O–H groups in total. The van der Waals surface area contributed by atoms with Gasteiger partial charge in [0.2, 0.25) is 0 Å². The van der Waals surface area contributed by atoms with E-state index in [-0.39, 0.29) is 0 Å². The standard InChI is InChI=1S/C15H21NO2/c1-13-4-2-3-9-16(13)10-11-18-15-7-5-14(12-17)6-8-15/h5-8,12-13H,2-4,9-11H2,1H3. The molecule has 1 aliphatic heterocycles. The van der Waals surface area contributed by atoms with E-state index in [1.54, 1.807) is 12.1 Å². The number of benzene rings is 1. The van der Waals surface area contributed by atoms with Crippen LogP contribution in [0, 0.1) is 0 Å². The predicted molar refractivity (Wildman–Crippen MR) is 72.2 cm³/mol. The molecule has 0 saturated carbocycles. The van der Waals surface area contributed by atoms with E-state index in [9.17, 15) is 4.79 Å². The molecule has 98 valence electrons. The second-order valence-electron chi connectivity index (χ2n) is 4.92. The zero-order valence-electron chi connectivity index (χ0n) is 11.0. The Labute approximate surface area is 109 Å². The first-order chi connectivity index (χ1) is 8.79. The number of nitrogens with zero attached hydrogens (tertiary/aromatic N) is 1. The van der Waals surface area contributed by atoms with Gasteiger partial charge in [0.25, 0.3) is 0 Å². The average molecular weight is 247 g/mol. The first-order valence-electron chi connectivity index (χ1n) is 6.71. The predicted octanol–water partition coefficient (Wildman–Crippen LogP) is 2.75. The minimum Gasteiger partial charge on any atom is -0.492 e. The number of hydrogen-bond acceptors (Lipinski definition) is 3. The highest BCUT2D eigenvalue weighted by Crippen LogP contribution is 2.16. The van der Waals surface area contributed by atoms with E-state index in [0.29, 0.717) is 18.2 Å². The number of carbonyl (C=O) groups excluding carboxylic acids is 1. The van der Waals surface area contributed by atoms with Gasteiger partial charge < -0.3 is 4.74 Å². The highest BCUT2D eigenvalue weighted by Gasteiger charge is 2.17. The van der Waals surface area contributed by atoms with E-state index in [4.69, 9.17) is 4.74 Å². The molecule has 0 amide bonds. The van der Waals surface area contributed by atoms with Crippen LogP contribution in [0.5, 0.6) is 5.75 Å². The number of aldehydes is 1. The summed E-state index contributed by atoms with van der Waals surface area (Å²) in [6.07, 6.45) is 4.80. The van der Waals surface area contributed by atoms with Crippen LogP contribution < -0.4 is 4.74 Å². The number of piperidine rings is 1. The molecule has 0 radical (unpaired) electrons. The lowest BCUT2D eigenvalue weighted by Gasteiger charge is -2.33. The largest absolute Gasteiger partial charge is 0.492 e. The maximum Gasteiger partial charge on any atom is 0.150 e. The molecule has 1 atom stereocenters. The molecule has 0 aromatic heterocycles. The summed E-state index contributed by atoms with van der Waals surface area (Å²) in [5, 5.41) is 0. The summed E-state index contributed by atoms with van der Waals surface area (Å²) in [6, 6.07) is 7.95. The SMILES string of the molecule is CC1CCCCN1CCOc1ccc(C=O)cc1. The van der Waals surface area contributed by atoms with Crippen LogP contribution in [-0.2, 0) is 0 Å². The van der Waals surface area contributed by atoms with Gasteiger partial charge in [-0.05, 0) is 50.6 Å². The van der Waals surface area contributed by atoms with Crippen molar-refractivity contribution < 1.29 is 9.53 Å². The Bertz CT molecular complexity index is 375. The van der Waals surface area contributed by atoms with Crippen LogP contribution in [-0.4, -0.2) is 36.9 Å². The maximum absolute atomic E-state index is 10.5. The van der Waals surface area contributed by atoms with Gasteiger partial charge in [-0.1, -0.05) is 6.42 Å². The molecule has 1 aliphatic rings. The lowest BCUT2D eigenvalue weighted by molar-refractivity contribution is 0.112. The number of likely N-dealkylation sites (tertiary alicyclic amines) is 1. The van der Waals surface area contributed by atoms with Gasteiger partial charge in [0.15, 0.2) is 0 Å². The molecule has 1 saturated heterocycles. The number of ether oxygens (including phenoxy) is 1. The summed E-state index contributed by atoms with van der Waals surface area (Å²) < 4.78 is 5.70. The van der Waals surface area contributed by atoms with Crippen molar-refractivity contribution in [1.82, 2.24) is 4.90 Å². The zero-order valence-corrected chi connectivity index (χ0v) is 11.0. The minimum absolute atomic E-state index is 0.680. The molecular weight excluding hydrogens is 226 g/mol. The first kappa shape index (κ1) is 13.1. The molecule has 0 spiro atoms. The zero-order chi connectivity index (χ0) is 12.8. The molecule has 1 aromatic rings. The smallest absolute Gasteiger partial charge is 0.150 e. The Morgan fingerprint density at radius 3 is 2.78 bits per heavy atom. The Balaban J connectivity index is 1.75. The molecule has 2 rings (SSSR count). The number of rotatable bonds is 5. The quantitative estimate of drug-likeness (QED) is 0.749. The molecule has 1 heterocycles. The van der Waals surface area contributed by atoms with Gasteiger partial charge >= 0.3 is 0 Å². The average Bonchev–Trinajstić information content (AvgIpc) is 2.42. The third-order valence-corrected chi connectivity index (χ3v) is 3.60. The summed E-state index contributed by atoms with van der Waals surface area (Å²) >= 11 is 0. The summed E-state index contributed by atoms with van der Waals surface area (Å²) in [6.45, 7) is 5.17. The van der Waals surface area contributed by atoms with Crippen LogP contribution >= 0.6 is 0 Å². The van der Waals surface area contributed by atoms with Crippen molar-refractivity contribution in [3.8, 4) is 5.75 Å². The van der Waals surface area contributed by atoms with E-state index < -0.39 is 0 Å². The summed E-state index contributed by atoms with van der Waals surface area (Å²) in [5.74, 6) is 0.838. The van der Waals surface area contributed by atoms with Crippen LogP contribution in [0.1, 0.15) is 36.5 Å². The van der Waals surface area contributed by atoms with Crippen molar-refractivity contribution in [3.05, 3.63) is 29.8 Å². The second-order valence-corrected chi connectivity index (χ2v) is 4.92. The van der Waals surface area contributed by atoms with Crippen molar-refractivity contribution in [3.63, 3.8) is 0 Å². The Morgan fingerprint density at radius 1 is 1.33 bits per heavy atom. The van der Waals surface area contributed by atoms with Crippen LogP contribution in [0.3, 0.4) is 0 Å². The molecule has 1 fully saturated rings. The fourth-order valence-corrected chi connectivity index (χ4v) is 2.41. The number of carbonyl (C=O) groups is 1. The van der Waals surface area contributed by atoms with E-state index in [1.165, 1.54) is 25.8 Å². The van der Waals surface area contributed by atoms with E-state index >= 15 is 0 Å². The highest BCUT2D eigenvalue weighted by molar-refractivity contribution is 5.74. The fraction of sp³-hybridized carbons (Fsp3) is 0.533. The lowest BCUT2D eigenvalue weighted by Crippen LogP contribution is -2.39. The lowest BCUT2D eigenvalue weighted by atomic mass is 10.0.